The van der Waals surface area contributed by atoms with Crippen LogP contribution in [-0.4, -0.2) is 65.2 Å². The van der Waals surface area contributed by atoms with Crippen molar-refractivity contribution in [3.63, 3.8) is 0 Å². The standard InChI is InChI=1S/C20H25N5O3/c1-14-18(19(26)24-8-5-20(6-9-24)4-7-21-13-20)22-23-25(14)15-2-3-16-17(12-15)28-11-10-27-16/h2-3,12,21H,4-11,13H2,1H3. The lowest BCUT2D eigenvalue weighted by Gasteiger charge is -2.38. The first-order chi connectivity index (χ1) is 13.7. The molecule has 148 valence electrons. The van der Waals surface area contributed by atoms with Crippen molar-refractivity contribution in [3.05, 3.63) is 29.6 Å². The minimum absolute atomic E-state index is 0.0258. The second-order valence-electron chi connectivity index (χ2n) is 7.98. The molecule has 3 aliphatic heterocycles. The molecule has 0 atom stereocenters. The highest BCUT2D eigenvalue weighted by Gasteiger charge is 2.38. The van der Waals surface area contributed by atoms with Gasteiger partial charge in [0.05, 0.1) is 11.4 Å². The molecule has 1 N–H and O–H groups in total. The molecule has 28 heavy (non-hydrogen) atoms. The van der Waals surface area contributed by atoms with E-state index in [4.69, 9.17) is 9.47 Å². The fourth-order valence-electron chi connectivity index (χ4n) is 4.49. The molecule has 2 saturated heterocycles. The van der Waals surface area contributed by atoms with Gasteiger partial charge in [-0.05, 0) is 50.3 Å². The molecule has 0 radical (unpaired) electrons. The maximum Gasteiger partial charge on any atom is 0.276 e. The molecule has 0 aliphatic carbocycles. The lowest BCUT2D eigenvalue weighted by Crippen LogP contribution is -2.44. The molecule has 3 aliphatic rings. The number of carbonyl (C=O) groups is 1. The summed E-state index contributed by atoms with van der Waals surface area (Å²) in [4.78, 5) is 15.0. The van der Waals surface area contributed by atoms with Gasteiger partial charge in [-0.1, -0.05) is 5.21 Å². The highest BCUT2D eigenvalue weighted by molar-refractivity contribution is 5.93. The molecule has 2 fully saturated rings. The third-order valence-electron chi connectivity index (χ3n) is 6.31. The van der Waals surface area contributed by atoms with E-state index >= 15 is 0 Å². The molecule has 1 spiro atoms. The summed E-state index contributed by atoms with van der Waals surface area (Å²) >= 11 is 0. The third-order valence-corrected chi connectivity index (χ3v) is 6.31. The zero-order valence-corrected chi connectivity index (χ0v) is 16.1. The summed E-state index contributed by atoms with van der Waals surface area (Å²) in [6, 6.07) is 5.65. The minimum atomic E-state index is -0.0258. The van der Waals surface area contributed by atoms with Crippen LogP contribution < -0.4 is 14.8 Å². The summed E-state index contributed by atoms with van der Waals surface area (Å²) in [6.45, 7) is 6.72. The van der Waals surface area contributed by atoms with Crippen molar-refractivity contribution in [1.82, 2.24) is 25.2 Å². The van der Waals surface area contributed by atoms with Gasteiger partial charge < -0.3 is 19.7 Å². The number of piperidine rings is 1. The second-order valence-corrected chi connectivity index (χ2v) is 7.98. The molecule has 1 aromatic carbocycles. The molecule has 8 heteroatoms. The van der Waals surface area contributed by atoms with E-state index in [-0.39, 0.29) is 5.91 Å². The van der Waals surface area contributed by atoms with Crippen LogP contribution in [0.2, 0.25) is 0 Å². The van der Waals surface area contributed by atoms with Crippen LogP contribution in [0.15, 0.2) is 18.2 Å². The lowest BCUT2D eigenvalue weighted by atomic mass is 9.78. The number of likely N-dealkylation sites (tertiary alicyclic amines) is 1. The van der Waals surface area contributed by atoms with Crippen molar-refractivity contribution >= 4 is 5.91 Å². The number of fused-ring (bicyclic) bond motifs is 1. The molecule has 8 nitrogen and oxygen atoms in total. The molecule has 5 rings (SSSR count). The molecule has 2 aromatic rings. The molecule has 0 unspecified atom stereocenters. The fourth-order valence-corrected chi connectivity index (χ4v) is 4.49. The highest BCUT2D eigenvalue weighted by Crippen LogP contribution is 2.37. The molecule has 1 aromatic heterocycles. The number of nitrogens with zero attached hydrogens (tertiary/aromatic N) is 4. The maximum atomic E-state index is 13.1. The first kappa shape index (κ1) is 17.5. The second kappa shape index (κ2) is 6.77. The topological polar surface area (TPSA) is 81.5 Å². The first-order valence-corrected chi connectivity index (χ1v) is 9.98. The van der Waals surface area contributed by atoms with Gasteiger partial charge in [-0.2, -0.15) is 0 Å². The Morgan fingerprint density at radius 3 is 2.68 bits per heavy atom. The van der Waals surface area contributed by atoms with Crippen molar-refractivity contribution in [2.24, 2.45) is 5.41 Å². The fraction of sp³-hybridized carbons (Fsp3) is 0.550. The Kier molecular flexibility index (Phi) is 4.23. The van der Waals surface area contributed by atoms with E-state index in [1.807, 2.05) is 30.0 Å². The molecular formula is C20H25N5O3. The van der Waals surface area contributed by atoms with Crippen LogP contribution in [0, 0.1) is 12.3 Å². The predicted octanol–water partition coefficient (Wildman–Crippen LogP) is 1.56. The number of aromatic nitrogens is 3. The van der Waals surface area contributed by atoms with Crippen LogP contribution in [0.3, 0.4) is 0 Å². The summed E-state index contributed by atoms with van der Waals surface area (Å²) in [6.07, 6.45) is 3.33. The van der Waals surface area contributed by atoms with Gasteiger partial charge in [0, 0.05) is 25.7 Å². The first-order valence-electron chi connectivity index (χ1n) is 9.98. The van der Waals surface area contributed by atoms with Crippen LogP contribution in [0.1, 0.15) is 35.4 Å². The van der Waals surface area contributed by atoms with E-state index in [1.54, 1.807) is 4.68 Å². The van der Waals surface area contributed by atoms with Gasteiger partial charge in [-0.15, -0.1) is 5.10 Å². The van der Waals surface area contributed by atoms with Crippen LogP contribution in [0.25, 0.3) is 5.69 Å². The van der Waals surface area contributed by atoms with Gasteiger partial charge in [0.25, 0.3) is 5.91 Å². The van der Waals surface area contributed by atoms with Gasteiger partial charge in [-0.25, -0.2) is 4.68 Å². The Labute approximate surface area is 163 Å². The van der Waals surface area contributed by atoms with Crippen LogP contribution in [-0.2, 0) is 0 Å². The zero-order valence-electron chi connectivity index (χ0n) is 16.1. The van der Waals surface area contributed by atoms with E-state index in [1.165, 1.54) is 6.42 Å². The number of benzene rings is 1. The van der Waals surface area contributed by atoms with Crippen LogP contribution in [0.4, 0.5) is 0 Å². The normalized spacial score (nSPS) is 20.5. The Hall–Kier alpha value is -2.61. The van der Waals surface area contributed by atoms with E-state index in [0.29, 0.717) is 30.1 Å². The average Bonchev–Trinajstić information content (AvgIpc) is 3.34. The van der Waals surface area contributed by atoms with Crippen molar-refractivity contribution < 1.29 is 14.3 Å². The predicted molar refractivity (Wildman–Crippen MR) is 102 cm³/mol. The van der Waals surface area contributed by atoms with Gasteiger partial charge >= 0.3 is 0 Å². The van der Waals surface area contributed by atoms with E-state index in [2.05, 4.69) is 15.6 Å². The summed E-state index contributed by atoms with van der Waals surface area (Å²) in [7, 11) is 0. The number of carbonyl (C=O) groups excluding carboxylic acids is 1. The number of hydrogen-bond acceptors (Lipinski definition) is 6. The quantitative estimate of drug-likeness (QED) is 0.848. The molecule has 0 saturated carbocycles. The summed E-state index contributed by atoms with van der Waals surface area (Å²) < 4.78 is 12.9. The van der Waals surface area contributed by atoms with Crippen molar-refractivity contribution in [2.45, 2.75) is 26.2 Å². The highest BCUT2D eigenvalue weighted by atomic mass is 16.6. The van der Waals surface area contributed by atoms with Crippen LogP contribution >= 0.6 is 0 Å². The average molecular weight is 383 g/mol. The molecule has 1 amide bonds. The minimum Gasteiger partial charge on any atom is -0.486 e. The van der Waals surface area contributed by atoms with E-state index < -0.39 is 0 Å². The SMILES string of the molecule is Cc1c(C(=O)N2CCC3(CCNC3)CC2)nnn1-c1ccc2c(c1)OCCO2. The van der Waals surface area contributed by atoms with Crippen molar-refractivity contribution in [2.75, 3.05) is 39.4 Å². The molecular weight excluding hydrogens is 358 g/mol. The zero-order chi connectivity index (χ0) is 19.1. The van der Waals surface area contributed by atoms with Gasteiger partial charge in [0.15, 0.2) is 17.2 Å². The Balaban J connectivity index is 1.35. The number of rotatable bonds is 2. The summed E-state index contributed by atoms with van der Waals surface area (Å²) in [5.41, 5.74) is 2.36. The molecule has 4 heterocycles. The van der Waals surface area contributed by atoms with E-state index in [0.717, 1.165) is 56.2 Å². The number of hydrogen-bond donors (Lipinski definition) is 1. The van der Waals surface area contributed by atoms with Gasteiger partial charge in [0.2, 0.25) is 0 Å². The van der Waals surface area contributed by atoms with Gasteiger partial charge in [0.1, 0.15) is 13.2 Å². The monoisotopic (exact) mass is 383 g/mol. The largest absolute Gasteiger partial charge is 0.486 e. The van der Waals surface area contributed by atoms with E-state index in [9.17, 15) is 4.79 Å². The summed E-state index contributed by atoms with van der Waals surface area (Å²) in [5, 5.41) is 11.9. The third kappa shape index (κ3) is 2.92. The summed E-state index contributed by atoms with van der Waals surface area (Å²) in [5.74, 6) is 1.40. The Bertz CT molecular complexity index is 893. The Morgan fingerprint density at radius 2 is 1.93 bits per heavy atom. The van der Waals surface area contributed by atoms with Crippen molar-refractivity contribution in [1.29, 1.82) is 0 Å². The Morgan fingerprint density at radius 1 is 1.14 bits per heavy atom. The smallest absolute Gasteiger partial charge is 0.276 e. The van der Waals surface area contributed by atoms with Crippen LogP contribution in [0.5, 0.6) is 11.5 Å². The number of nitrogens with one attached hydrogen (secondary N) is 1. The van der Waals surface area contributed by atoms with Crippen molar-refractivity contribution in [3.8, 4) is 17.2 Å². The maximum absolute atomic E-state index is 13.1. The lowest BCUT2D eigenvalue weighted by molar-refractivity contribution is 0.0601. The van der Waals surface area contributed by atoms with Gasteiger partial charge in [-0.3, -0.25) is 4.79 Å². The number of amides is 1. The molecule has 0 bridgehead atoms. The number of ether oxygens (including phenoxy) is 2.